The molecule has 2 aromatic rings. The molecule has 0 spiro atoms. The summed E-state index contributed by atoms with van der Waals surface area (Å²) in [5.74, 6) is -0.628. The van der Waals surface area contributed by atoms with Gasteiger partial charge in [-0.2, -0.15) is 0 Å². The Morgan fingerprint density at radius 2 is 1.84 bits per heavy atom. The molecule has 1 unspecified atom stereocenters. The van der Waals surface area contributed by atoms with Gasteiger partial charge in [-0.15, -0.1) is 0 Å². The Morgan fingerprint density at radius 3 is 2.53 bits per heavy atom. The average molecular weight is 299 g/mol. The van der Waals surface area contributed by atoms with E-state index in [4.69, 9.17) is 23.2 Å². The largest absolute Gasteiger partial charge is 0.396 e. The van der Waals surface area contributed by atoms with Crippen molar-refractivity contribution in [2.24, 2.45) is 0 Å². The van der Waals surface area contributed by atoms with Gasteiger partial charge in [-0.1, -0.05) is 47.5 Å². The lowest BCUT2D eigenvalue weighted by molar-refractivity contribution is 0.263. The molecule has 19 heavy (non-hydrogen) atoms. The van der Waals surface area contributed by atoms with Crippen molar-refractivity contribution in [2.75, 3.05) is 6.61 Å². The molecule has 0 saturated carbocycles. The predicted octanol–water partition coefficient (Wildman–Crippen LogP) is 4.45. The minimum atomic E-state index is -0.426. The first-order valence-corrected chi connectivity index (χ1v) is 6.66. The second kappa shape index (κ2) is 6.38. The number of halogens is 3. The van der Waals surface area contributed by atoms with Crippen molar-refractivity contribution in [3.63, 3.8) is 0 Å². The first kappa shape index (κ1) is 14.3. The van der Waals surface area contributed by atoms with Crippen LogP contribution in [0.15, 0.2) is 42.5 Å². The molecule has 0 amide bonds. The maximum Gasteiger partial charge on any atom is 0.144 e. The summed E-state index contributed by atoms with van der Waals surface area (Å²) in [7, 11) is 0. The van der Waals surface area contributed by atoms with Gasteiger partial charge in [-0.05, 0) is 35.7 Å². The zero-order valence-corrected chi connectivity index (χ0v) is 11.6. The molecule has 2 aromatic carbocycles. The van der Waals surface area contributed by atoms with E-state index in [2.05, 4.69) is 0 Å². The highest BCUT2D eigenvalue weighted by atomic mass is 35.5. The van der Waals surface area contributed by atoms with Crippen molar-refractivity contribution in [1.29, 1.82) is 0 Å². The molecule has 0 saturated heterocycles. The molecular weight excluding hydrogens is 286 g/mol. The third kappa shape index (κ3) is 3.47. The Hall–Kier alpha value is -1.09. The Kier molecular flexibility index (Phi) is 4.81. The number of rotatable bonds is 4. The minimum absolute atomic E-state index is 0.0771. The number of hydrogen-bond donors (Lipinski definition) is 1. The fourth-order valence-corrected chi connectivity index (χ4v) is 2.41. The molecule has 0 bridgehead atoms. The quantitative estimate of drug-likeness (QED) is 0.884. The Labute approximate surface area is 121 Å². The summed E-state index contributed by atoms with van der Waals surface area (Å²) < 4.78 is 13.9. The SMILES string of the molecule is OCC(Cc1cccc(Cl)c1F)c1cccc(Cl)c1. The summed E-state index contributed by atoms with van der Waals surface area (Å²) in [6, 6.07) is 12.1. The smallest absolute Gasteiger partial charge is 0.144 e. The van der Waals surface area contributed by atoms with Gasteiger partial charge in [0.05, 0.1) is 11.6 Å². The van der Waals surface area contributed by atoms with Crippen LogP contribution in [0.2, 0.25) is 10.0 Å². The molecule has 100 valence electrons. The average Bonchev–Trinajstić information content (AvgIpc) is 2.40. The molecule has 2 rings (SSSR count). The van der Waals surface area contributed by atoms with Gasteiger partial charge in [0.25, 0.3) is 0 Å². The molecule has 0 fully saturated rings. The van der Waals surface area contributed by atoms with Crippen LogP contribution in [0.3, 0.4) is 0 Å². The van der Waals surface area contributed by atoms with E-state index in [1.165, 1.54) is 6.07 Å². The zero-order chi connectivity index (χ0) is 13.8. The van der Waals surface area contributed by atoms with E-state index < -0.39 is 5.82 Å². The van der Waals surface area contributed by atoms with E-state index in [0.29, 0.717) is 17.0 Å². The standard InChI is InChI=1S/C15H13Cl2FO/c16-13-5-1-3-10(8-13)12(9-19)7-11-4-2-6-14(17)15(11)18/h1-6,8,12,19H,7,9H2. The second-order valence-corrected chi connectivity index (χ2v) is 5.20. The van der Waals surface area contributed by atoms with Crippen molar-refractivity contribution in [2.45, 2.75) is 12.3 Å². The summed E-state index contributed by atoms with van der Waals surface area (Å²) in [5, 5.41) is 10.2. The molecule has 1 nitrogen and oxygen atoms in total. The highest BCUT2D eigenvalue weighted by molar-refractivity contribution is 6.31. The normalized spacial score (nSPS) is 12.4. The highest BCUT2D eigenvalue weighted by Crippen LogP contribution is 2.26. The molecule has 0 aromatic heterocycles. The van der Waals surface area contributed by atoms with Crippen LogP contribution in [0.1, 0.15) is 17.0 Å². The molecular formula is C15H13Cl2FO. The molecule has 1 atom stereocenters. The van der Waals surface area contributed by atoms with Crippen molar-refractivity contribution in [3.05, 3.63) is 69.5 Å². The van der Waals surface area contributed by atoms with Gasteiger partial charge < -0.3 is 5.11 Å². The summed E-state index contributed by atoms with van der Waals surface area (Å²) in [6.45, 7) is -0.0771. The molecule has 0 heterocycles. The van der Waals surface area contributed by atoms with Crippen LogP contribution in [0.5, 0.6) is 0 Å². The number of aliphatic hydroxyl groups excluding tert-OH is 1. The molecule has 1 N–H and O–H groups in total. The molecule has 4 heteroatoms. The monoisotopic (exact) mass is 298 g/mol. The third-order valence-corrected chi connectivity index (χ3v) is 3.57. The molecule has 0 radical (unpaired) electrons. The minimum Gasteiger partial charge on any atom is -0.396 e. The van der Waals surface area contributed by atoms with E-state index in [-0.39, 0.29) is 17.5 Å². The Morgan fingerprint density at radius 1 is 1.11 bits per heavy atom. The van der Waals surface area contributed by atoms with Crippen LogP contribution in [-0.2, 0) is 6.42 Å². The summed E-state index contributed by atoms with van der Waals surface area (Å²) in [4.78, 5) is 0. The van der Waals surface area contributed by atoms with Gasteiger partial charge in [-0.25, -0.2) is 4.39 Å². The van der Waals surface area contributed by atoms with Crippen LogP contribution >= 0.6 is 23.2 Å². The Bertz CT molecular complexity index is 572. The lowest BCUT2D eigenvalue weighted by Crippen LogP contribution is -2.09. The second-order valence-electron chi connectivity index (χ2n) is 4.35. The van der Waals surface area contributed by atoms with Crippen molar-refractivity contribution < 1.29 is 9.50 Å². The van der Waals surface area contributed by atoms with E-state index >= 15 is 0 Å². The zero-order valence-electron chi connectivity index (χ0n) is 10.1. The van der Waals surface area contributed by atoms with Crippen LogP contribution in [0, 0.1) is 5.82 Å². The van der Waals surface area contributed by atoms with E-state index in [9.17, 15) is 9.50 Å². The lowest BCUT2D eigenvalue weighted by Gasteiger charge is -2.15. The van der Waals surface area contributed by atoms with Gasteiger partial charge in [-0.3, -0.25) is 0 Å². The van der Waals surface area contributed by atoms with Crippen molar-refractivity contribution in [1.82, 2.24) is 0 Å². The highest BCUT2D eigenvalue weighted by Gasteiger charge is 2.15. The van der Waals surface area contributed by atoms with Crippen LogP contribution < -0.4 is 0 Å². The van der Waals surface area contributed by atoms with E-state index in [1.54, 1.807) is 24.3 Å². The van der Waals surface area contributed by atoms with E-state index in [1.807, 2.05) is 12.1 Å². The van der Waals surface area contributed by atoms with Gasteiger partial charge in [0, 0.05) is 10.9 Å². The predicted molar refractivity (Wildman–Crippen MR) is 76.4 cm³/mol. The third-order valence-electron chi connectivity index (χ3n) is 3.04. The van der Waals surface area contributed by atoms with Gasteiger partial charge in [0.1, 0.15) is 5.82 Å². The van der Waals surface area contributed by atoms with Gasteiger partial charge in [0.2, 0.25) is 0 Å². The van der Waals surface area contributed by atoms with Crippen LogP contribution in [0.4, 0.5) is 4.39 Å². The van der Waals surface area contributed by atoms with Crippen LogP contribution in [0.25, 0.3) is 0 Å². The van der Waals surface area contributed by atoms with Crippen LogP contribution in [-0.4, -0.2) is 11.7 Å². The molecule has 0 aliphatic carbocycles. The summed E-state index contributed by atoms with van der Waals surface area (Å²) in [5.41, 5.74) is 1.38. The van der Waals surface area contributed by atoms with Gasteiger partial charge in [0.15, 0.2) is 0 Å². The summed E-state index contributed by atoms with van der Waals surface area (Å²) >= 11 is 11.7. The van der Waals surface area contributed by atoms with Gasteiger partial charge >= 0.3 is 0 Å². The topological polar surface area (TPSA) is 20.2 Å². The van der Waals surface area contributed by atoms with E-state index in [0.717, 1.165) is 5.56 Å². The number of aliphatic hydroxyl groups is 1. The number of benzene rings is 2. The summed E-state index contributed by atoms with van der Waals surface area (Å²) in [6.07, 6.45) is 0.378. The molecule has 0 aliphatic rings. The Balaban J connectivity index is 2.26. The fourth-order valence-electron chi connectivity index (χ4n) is 2.02. The van der Waals surface area contributed by atoms with Crippen molar-refractivity contribution >= 4 is 23.2 Å². The lowest BCUT2D eigenvalue weighted by atomic mass is 9.92. The first-order chi connectivity index (χ1) is 9.11. The van der Waals surface area contributed by atoms with Crippen molar-refractivity contribution in [3.8, 4) is 0 Å². The number of hydrogen-bond acceptors (Lipinski definition) is 1. The first-order valence-electron chi connectivity index (χ1n) is 5.91. The maximum absolute atomic E-state index is 13.9. The maximum atomic E-state index is 13.9. The molecule has 0 aliphatic heterocycles. The fraction of sp³-hybridized carbons (Fsp3) is 0.200.